The molecule has 0 aliphatic carbocycles. The van der Waals surface area contributed by atoms with Crippen LogP contribution in [0.15, 0.2) is 48.6 Å². The first-order valence-electron chi connectivity index (χ1n) is 24.3. The predicted octanol–water partition coefficient (Wildman–Crippen LogP) is 11.8. The van der Waals surface area contributed by atoms with Crippen LogP contribution in [0.2, 0.25) is 0 Å². The summed E-state index contributed by atoms with van der Waals surface area (Å²) in [6, 6.07) is 0. The maximum atomic E-state index is 12.8. The summed E-state index contributed by atoms with van der Waals surface area (Å²) in [6.45, 7) is 4.61. The van der Waals surface area contributed by atoms with Gasteiger partial charge in [0.2, 0.25) is 0 Å². The van der Waals surface area contributed by atoms with Gasteiger partial charge < -0.3 is 33.3 Å². The first-order valence-corrected chi connectivity index (χ1v) is 24.3. The Bertz CT molecular complexity index is 1120. The minimum Gasteiger partial charge on any atom is -0.545 e. The summed E-state index contributed by atoms with van der Waals surface area (Å²) in [7, 11) is 5.91. The first kappa shape index (κ1) is 57.2. The third-order valence-electron chi connectivity index (χ3n) is 10.3. The monoisotopic (exact) mass is 846 g/mol. The highest BCUT2D eigenvalue weighted by Gasteiger charge is 2.21. The summed E-state index contributed by atoms with van der Waals surface area (Å²) >= 11 is 0. The number of carbonyl (C=O) groups excluding carboxylic acids is 3. The number of likely N-dealkylation sites (N-methyl/N-ethyl adjacent to an activating group) is 1. The molecule has 0 spiro atoms. The maximum Gasteiger partial charge on any atom is 0.306 e. The third kappa shape index (κ3) is 43.3. The number of rotatable bonds is 44. The van der Waals surface area contributed by atoms with Gasteiger partial charge in [-0.25, -0.2) is 0 Å². The lowest BCUT2D eigenvalue weighted by atomic mass is 10.0. The second-order valence-corrected chi connectivity index (χ2v) is 17.4. The highest BCUT2D eigenvalue weighted by molar-refractivity contribution is 5.70. The molecule has 0 saturated heterocycles. The second kappa shape index (κ2) is 42.9. The number of carbonyl (C=O) groups is 3. The SMILES string of the molecule is CC/C=C\C/C=C\C/C=C\C/C=C\CCCCCCCCCCCCCCC(=O)OC(COC(=O)CCCCCCCCCCCC)COC(OCC[N+](C)(C)C)C(=O)[O-]. The van der Waals surface area contributed by atoms with Crippen LogP contribution in [0.5, 0.6) is 0 Å². The molecule has 0 radical (unpaired) electrons. The molecule has 2 atom stereocenters. The van der Waals surface area contributed by atoms with Crippen LogP contribution < -0.4 is 5.11 Å². The molecule has 0 aromatic heterocycles. The zero-order valence-electron chi connectivity index (χ0n) is 39.3. The molecule has 0 amide bonds. The standard InChI is InChI=1S/C51H91NO8/c1-6-8-10-12-14-16-18-19-20-21-22-23-24-25-26-27-28-29-30-31-32-34-36-38-40-42-49(54)60-47(46-59-51(50(55)56)57-44-43-52(3,4)5)45-58-48(53)41-39-37-35-33-17-15-13-11-9-7-2/h8,10,14,16,19-20,22-23,47,51H,6-7,9,11-13,15,17-18,21,24-46H2,1-5H3/b10-8-,16-14-,20-19-,23-22-. The van der Waals surface area contributed by atoms with E-state index in [4.69, 9.17) is 18.9 Å². The Kier molecular flexibility index (Phi) is 41.0. The van der Waals surface area contributed by atoms with E-state index in [1.54, 1.807) is 0 Å². The number of ether oxygens (including phenoxy) is 4. The number of carboxylic acid groups (broad SMARTS) is 1. The van der Waals surface area contributed by atoms with Crippen LogP contribution in [-0.2, 0) is 33.3 Å². The molecule has 0 rings (SSSR count). The second-order valence-electron chi connectivity index (χ2n) is 17.4. The van der Waals surface area contributed by atoms with Crippen molar-refractivity contribution in [3.63, 3.8) is 0 Å². The van der Waals surface area contributed by atoms with E-state index in [9.17, 15) is 19.5 Å². The van der Waals surface area contributed by atoms with Gasteiger partial charge in [0.25, 0.3) is 0 Å². The minimum atomic E-state index is -1.62. The molecule has 0 aromatic rings. The number of hydrogen-bond acceptors (Lipinski definition) is 8. The van der Waals surface area contributed by atoms with Crippen molar-refractivity contribution >= 4 is 17.9 Å². The number of hydrogen-bond donors (Lipinski definition) is 0. The lowest BCUT2D eigenvalue weighted by molar-refractivity contribution is -0.870. The van der Waals surface area contributed by atoms with E-state index >= 15 is 0 Å². The molecule has 0 aromatic carbocycles. The highest BCUT2D eigenvalue weighted by atomic mass is 16.7. The Morgan fingerprint density at radius 2 is 0.950 bits per heavy atom. The summed E-state index contributed by atoms with van der Waals surface area (Å²) in [5, 5.41) is 11.7. The van der Waals surface area contributed by atoms with Crippen LogP contribution in [0.25, 0.3) is 0 Å². The van der Waals surface area contributed by atoms with Gasteiger partial charge in [-0.05, 0) is 51.4 Å². The molecule has 0 bridgehead atoms. The van der Waals surface area contributed by atoms with E-state index < -0.39 is 24.3 Å². The fourth-order valence-electron chi connectivity index (χ4n) is 6.59. The average molecular weight is 846 g/mol. The van der Waals surface area contributed by atoms with E-state index in [0.29, 0.717) is 23.9 Å². The van der Waals surface area contributed by atoms with Gasteiger partial charge in [0, 0.05) is 12.8 Å². The number of allylic oxidation sites excluding steroid dienone is 8. The summed E-state index contributed by atoms with van der Waals surface area (Å²) in [6.07, 6.45) is 47.2. The topological polar surface area (TPSA) is 111 Å². The first-order chi connectivity index (χ1) is 29.1. The van der Waals surface area contributed by atoms with Crippen molar-refractivity contribution in [3.05, 3.63) is 48.6 Å². The van der Waals surface area contributed by atoms with E-state index in [1.165, 1.54) is 103 Å². The average Bonchev–Trinajstić information content (AvgIpc) is 3.21. The Labute approximate surface area is 368 Å². The van der Waals surface area contributed by atoms with Crippen LogP contribution in [0.4, 0.5) is 0 Å². The highest BCUT2D eigenvalue weighted by Crippen LogP contribution is 2.15. The Hall–Kier alpha value is -2.75. The largest absolute Gasteiger partial charge is 0.545 e. The van der Waals surface area contributed by atoms with Crippen LogP contribution in [-0.4, -0.2) is 82.3 Å². The van der Waals surface area contributed by atoms with Crippen molar-refractivity contribution in [2.75, 3.05) is 47.5 Å². The van der Waals surface area contributed by atoms with Crippen molar-refractivity contribution in [2.24, 2.45) is 0 Å². The van der Waals surface area contributed by atoms with Gasteiger partial charge in [0.15, 0.2) is 12.4 Å². The normalized spacial score (nSPS) is 13.3. The van der Waals surface area contributed by atoms with Crippen molar-refractivity contribution in [3.8, 4) is 0 Å². The van der Waals surface area contributed by atoms with Gasteiger partial charge in [-0.1, -0.05) is 184 Å². The van der Waals surface area contributed by atoms with Crippen molar-refractivity contribution in [2.45, 2.75) is 212 Å². The Morgan fingerprint density at radius 1 is 0.517 bits per heavy atom. The van der Waals surface area contributed by atoms with Gasteiger partial charge in [0.05, 0.1) is 40.3 Å². The van der Waals surface area contributed by atoms with Crippen LogP contribution >= 0.6 is 0 Å². The van der Waals surface area contributed by atoms with Crippen LogP contribution in [0.3, 0.4) is 0 Å². The molecule has 9 nitrogen and oxygen atoms in total. The Morgan fingerprint density at radius 3 is 1.42 bits per heavy atom. The molecule has 9 heteroatoms. The molecular formula is C51H91NO8. The van der Waals surface area contributed by atoms with E-state index in [1.807, 2.05) is 21.1 Å². The molecule has 60 heavy (non-hydrogen) atoms. The number of carboxylic acids is 1. The molecule has 0 heterocycles. The predicted molar refractivity (Wildman–Crippen MR) is 246 cm³/mol. The van der Waals surface area contributed by atoms with Crippen molar-refractivity contribution in [1.82, 2.24) is 0 Å². The number of esters is 2. The van der Waals surface area contributed by atoms with E-state index in [2.05, 4.69) is 62.5 Å². The zero-order chi connectivity index (χ0) is 44.2. The smallest absolute Gasteiger partial charge is 0.306 e. The molecule has 0 fully saturated rings. The maximum absolute atomic E-state index is 12.8. The van der Waals surface area contributed by atoms with E-state index in [0.717, 1.165) is 64.2 Å². The van der Waals surface area contributed by atoms with Gasteiger partial charge >= 0.3 is 11.9 Å². The molecular weight excluding hydrogens is 755 g/mol. The fraction of sp³-hybridized carbons (Fsp3) is 0.784. The molecule has 2 unspecified atom stereocenters. The Balaban J connectivity index is 4.25. The van der Waals surface area contributed by atoms with Crippen molar-refractivity contribution in [1.29, 1.82) is 0 Å². The summed E-state index contributed by atoms with van der Waals surface area (Å²) in [5.41, 5.74) is 0. The summed E-state index contributed by atoms with van der Waals surface area (Å²) < 4.78 is 22.6. The third-order valence-corrected chi connectivity index (χ3v) is 10.3. The molecule has 0 aliphatic rings. The minimum absolute atomic E-state index is 0.147. The quantitative estimate of drug-likeness (QED) is 0.0196. The fourth-order valence-corrected chi connectivity index (χ4v) is 6.59. The van der Waals surface area contributed by atoms with E-state index in [-0.39, 0.29) is 32.2 Å². The lowest BCUT2D eigenvalue weighted by Gasteiger charge is -2.26. The van der Waals surface area contributed by atoms with Gasteiger partial charge in [-0.3, -0.25) is 9.59 Å². The lowest BCUT2D eigenvalue weighted by Crippen LogP contribution is -2.44. The van der Waals surface area contributed by atoms with Gasteiger partial charge in [-0.15, -0.1) is 0 Å². The molecule has 0 N–H and O–H groups in total. The van der Waals surface area contributed by atoms with Crippen LogP contribution in [0, 0.1) is 0 Å². The number of unbranched alkanes of at least 4 members (excludes halogenated alkanes) is 21. The number of quaternary nitrogens is 1. The van der Waals surface area contributed by atoms with Crippen LogP contribution in [0.1, 0.15) is 200 Å². The zero-order valence-corrected chi connectivity index (χ0v) is 39.3. The number of aliphatic carboxylic acids is 1. The van der Waals surface area contributed by atoms with Gasteiger partial charge in [-0.2, -0.15) is 0 Å². The molecule has 0 saturated carbocycles. The summed E-state index contributed by atoms with van der Waals surface area (Å²) in [5.74, 6) is -2.29. The van der Waals surface area contributed by atoms with Gasteiger partial charge in [0.1, 0.15) is 13.2 Å². The molecule has 348 valence electrons. The van der Waals surface area contributed by atoms with Crippen molar-refractivity contribution < 1.29 is 42.9 Å². The number of nitrogens with zero attached hydrogens (tertiary/aromatic N) is 1. The summed E-state index contributed by atoms with van der Waals surface area (Å²) in [4.78, 5) is 37.0. The molecule has 0 aliphatic heterocycles.